The van der Waals surface area contributed by atoms with Gasteiger partial charge in [-0.05, 0) is 64.1 Å². The van der Waals surface area contributed by atoms with Crippen molar-refractivity contribution in [2.24, 2.45) is 5.41 Å². The number of amides is 1. The number of anilines is 1. The van der Waals surface area contributed by atoms with Crippen molar-refractivity contribution in [3.05, 3.63) is 22.7 Å². The summed E-state index contributed by atoms with van der Waals surface area (Å²) < 4.78 is 12.2. The number of benzene rings is 1. The second-order valence-electron chi connectivity index (χ2n) is 8.04. The Kier molecular flexibility index (Phi) is 3.05. The van der Waals surface area contributed by atoms with E-state index in [0.717, 1.165) is 36.0 Å². The molecule has 1 aliphatic carbocycles. The third-order valence-electron chi connectivity index (χ3n) is 5.82. The topological polar surface area (TPSA) is 47.6 Å². The molecule has 1 saturated heterocycles. The molecule has 1 N–H and O–H groups in total. The molecule has 2 aliphatic heterocycles. The average molecular weight is 334 g/mol. The molecule has 0 unspecified atom stereocenters. The Morgan fingerprint density at radius 2 is 1.74 bits per heavy atom. The molecule has 122 valence electrons. The van der Waals surface area contributed by atoms with Gasteiger partial charge in [0.25, 0.3) is 0 Å². The van der Waals surface area contributed by atoms with Crippen LogP contribution in [-0.2, 0) is 20.5 Å². The lowest BCUT2D eigenvalue weighted by Gasteiger charge is -2.32. The van der Waals surface area contributed by atoms with Crippen molar-refractivity contribution in [3.63, 3.8) is 0 Å². The van der Waals surface area contributed by atoms with E-state index in [1.165, 1.54) is 0 Å². The third kappa shape index (κ3) is 2.24. The first-order chi connectivity index (χ1) is 10.6. The van der Waals surface area contributed by atoms with Gasteiger partial charge in [-0.15, -0.1) is 0 Å². The maximum atomic E-state index is 12.2. The van der Waals surface area contributed by atoms with Crippen molar-refractivity contribution >= 4 is 35.8 Å². The van der Waals surface area contributed by atoms with Crippen LogP contribution in [0, 0.1) is 5.41 Å². The fourth-order valence-corrected chi connectivity index (χ4v) is 3.62. The van der Waals surface area contributed by atoms with Crippen molar-refractivity contribution < 1.29 is 14.1 Å². The SMILES string of the molecule is CC1(C)OB(c2cc(Cl)c3c(c2)CC2(CC2)C(=O)N3)OC1(C)C. The predicted octanol–water partition coefficient (Wildman–Crippen LogP) is 2.91. The van der Waals surface area contributed by atoms with Crippen LogP contribution in [0.5, 0.6) is 0 Å². The first kappa shape index (κ1) is 15.5. The zero-order valence-corrected chi connectivity index (χ0v) is 14.7. The summed E-state index contributed by atoms with van der Waals surface area (Å²) in [5, 5.41) is 3.53. The van der Waals surface area contributed by atoms with E-state index in [0.29, 0.717) is 5.02 Å². The van der Waals surface area contributed by atoms with E-state index in [9.17, 15) is 4.79 Å². The zero-order valence-electron chi connectivity index (χ0n) is 14.0. The van der Waals surface area contributed by atoms with E-state index < -0.39 is 7.12 Å². The molecule has 1 amide bonds. The molecular weight excluding hydrogens is 312 g/mol. The lowest BCUT2D eigenvalue weighted by Crippen LogP contribution is -2.41. The fraction of sp³-hybridized carbons (Fsp3) is 0.588. The molecule has 0 bridgehead atoms. The van der Waals surface area contributed by atoms with Gasteiger partial charge in [-0.25, -0.2) is 0 Å². The number of hydrogen-bond donors (Lipinski definition) is 1. The Morgan fingerprint density at radius 1 is 1.13 bits per heavy atom. The van der Waals surface area contributed by atoms with Gasteiger partial charge in [0.2, 0.25) is 5.91 Å². The minimum absolute atomic E-state index is 0.107. The van der Waals surface area contributed by atoms with Crippen molar-refractivity contribution in [2.45, 2.75) is 58.2 Å². The molecule has 0 aromatic heterocycles. The Morgan fingerprint density at radius 3 is 2.30 bits per heavy atom. The summed E-state index contributed by atoms with van der Waals surface area (Å²) in [6, 6.07) is 3.91. The standard InChI is InChI=1S/C17H21BClNO3/c1-15(2)16(3,4)23-18(22-15)11-7-10-9-17(5-6-17)14(21)20-13(10)12(19)8-11/h7-8H,5-6,9H2,1-4H3,(H,20,21). The molecule has 23 heavy (non-hydrogen) atoms. The predicted molar refractivity (Wildman–Crippen MR) is 91.2 cm³/mol. The molecule has 4 rings (SSSR count). The zero-order chi connectivity index (χ0) is 16.6. The van der Waals surface area contributed by atoms with Crippen LogP contribution < -0.4 is 10.8 Å². The van der Waals surface area contributed by atoms with Gasteiger partial charge >= 0.3 is 7.12 Å². The molecule has 3 aliphatic rings. The first-order valence-corrected chi connectivity index (χ1v) is 8.51. The Balaban J connectivity index is 1.70. The van der Waals surface area contributed by atoms with Crippen LogP contribution in [0.4, 0.5) is 5.69 Å². The molecule has 2 heterocycles. The van der Waals surface area contributed by atoms with E-state index in [4.69, 9.17) is 20.9 Å². The summed E-state index contributed by atoms with van der Waals surface area (Å²) in [6.45, 7) is 8.14. The molecule has 0 radical (unpaired) electrons. The minimum atomic E-state index is -0.435. The van der Waals surface area contributed by atoms with Gasteiger partial charge < -0.3 is 14.6 Å². The summed E-state index contributed by atoms with van der Waals surface area (Å²) in [5.74, 6) is 0.107. The largest absolute Gasteiger partial charge is 0.494 e. The molecule has 4 nitrogen and oxygen atoms in total. The number of halogens is 1. The summed E-state index contributed by atoms with van der Waals surface area (Å²) >= 11 is 6.42. The van der Waals surface area contributed by atoms with Crippen molar-refractivity contribution in [1.82, 2.24) is 0 Å². The fourth-order valence-electron chi connectivity index (χ4n) is 3.33. The molecule has 2 fully saturated rings. The molecule has 1 aromatic carbocycles. The first-order valence-electron chi connectivity index (χ1n) is 8.13. The highest BCUT2D eigenvalue weighted by molar-refractivity contribution is 6.62. The maximum Gasteiger partial charge on any atom is 0.494 e. The van der Waals surface area contributed by atoms with Crippen LogP contribution in [0.1, 0.15) is 46.1 Å². The molecule has 1 saturated carbocycles. The van der Waals surface area contributed by atoms with Crippen LogP contribution in [0.3, 0.4) is 0 Å². The summed E-state index contributed by atoms with van der Waals surface area (Å²) in [4.78, 5) is 12.2. The summed E-state index contributed by atoms with van der Waals surface area (Å²) in [6.07, 6.45) is 2.66. The highest BCUT2D eigenvalue weighted by atomic mass is 35.5. The van der Waals surface area contributed by atoms with Crippen LogP contribution in [0.25, 0.3) is 0 Å². The maximum absolute atomic E-state index is 12.2. The summed E-state index contributed by atoms with van der Waals surface area (Å²) in [5.41, 5.74) is 1.77. The van der Waals surface area contributed by atoms with E-state index >= 15 is 0 Å². The van der Waals surface area contributed by atoms with E-state index in [2.05, 4.69) is 11.4 Å². The van der Waals surface area contributed by atoms with Crippen molar-refractivity contribution in [3.8, 4) is 0 Å². The Hall–Kier alpha value is -1.04. The number of rotatable bonds is 1. The lowest BCUT2D eigenvalue weighted by molar-refractivity contribution is -0.121. The molecule has 0 atom stereocenters. The van der Waals surface area contributed by atoms with Crippen LogP contribution in [0.2, 0.25) is 5.02 Å². The highest BCUT2D eigenvalue weighted by Crippen LogP contribution is 2.53. The molecule has 1 spiro atoms. The number of carbonyl (C=O) groups excluding carboxylic acids is 1. The monoisotopic (exact) mass is 333 g/mol. The quantitative estimate of drug-likeness (QED) is 0.804. The minimum Gasteiger partial charge on any atom is -0.399 e. The van der Waals surface area contributed by atoms with Gasteiger partial charge in [-0.1, -0.05) is 17.7 Å². The van der Waals surface area contributed by atoms with Gasteiger partial charge in [0, 0.05) is 0 Å². The number of nitrogens with one attached hydrogen (secondary N) is 1. The van der Waals surface area contributed by atoms with Gasteiger partial charge in [0.15, 0.2) is 0 Å². The van der Waals surface area contributed by atoms with Gasteiger partial charge in [0.05, 0.1) is 27.3 Å². The second-order valence-corrected chi connectivity index (χ2v) is 8.44. The van der Waals surface area contributed by atoms with Gasteiger partial charge in [-0.2, -0.15) is 0 Å². The van der Waals surface area contributed by atoms with Crippen LogP contribution in [-0.4, -0.2) is 24.2 Å². The second kappa shape index (κ2) is 4.53. The lowest BCUT2D eigenvalue weighted by atomic mass is 9.76. The number of hydrogen-bond acceptors (Lipinski definition) is 3. The summed E-state index contributed by atoms with van der Waals surface area (Å²) in [7, 11) is -0.435. The van der Waals surface area contributed by atoms with Gasteiger partial charge in [-0.3, -0.25) is 4.79 Å². The number of carbonyl (C=O) groups is 1. The number of fused-ring (bicyclic) bond motifs is 1. The van der Waals surface area contributed by atoms with Crippen molar-refractivity contribution in [2.75, 3.05) is 5.32 Å². The van der Waals surface area contributed by atoms with Crippen LogP contribution >= 0.6 is 11.6 Å². The van der Waals surface area contributed by atoms with Crippen LogP contribution in [0.15, 0.2) is 12.1 Å². The Bertz CT molecular complexity index is 696. The average Bonchev–Trinajstić information content (AvgIpc) is 3.15. The third-order valence-corrected chi connectivity index (χ3v) is 6.12. The highest BCUT2D eigenvalue weighted by Gasteiger charge is 2.54. The van der Waals surface area contributed by atoms with E-state index in [-0.39, 0.29) is 22.5 Å². The molecule has 1 aromatic rings. The molecular formula is C17H21BClNO3. The van der Waals surface area contributed by atoms with E-state index in [1.807, 2.05) is 33.8 Å². The normalized spacial score (nSPS) is 26.1. The van der Waals surface area contributed by atoms with Gasteiger partial charge in [0.1, 0.15) is 0 Å². The smallest absolute Gasteiger partial charge is 0.399 e. The van der Waals surface area contributed by atoms with E-state index in [1.54, 1.807) is 0 Å². The van der Waals surface area contributed by atoms with Crippen molar-refractivity contribution in [1.29, 1.82) is 0 Å². The Labute approximate surface area is 142 Å². The molecule has 6 heteroatoms.